The average molecular weight is 472 g/mol. The summed E-state index contributed by atoms with van der Waals surface area (Å²) in [5.41, 5.74) is 4.32. The Balaban J connectivity index is 1.56. The van der Waals surface area contributed by atoms with E-state index in [0.29, 0.717) is 34.4 Å². The number of rotatable bonds is 8. The molecule has 2 heterocycles. The summed E-state index contributed by atoms with van der Waals surface area (Å²) >= 11 is 0. The van der Waals surface area contributed by atoms with Crippen LogP contribution in [0, 0.1) is 6.92 Å². The van der Waals surface area contributed by atoms with Crippen LogP contribution >= 0.6 is 0 Å². The van der Waals surface area contributed by atoms with E-state index < -0.39 is 0 Å². The zero-order chi connectivity index (χ0) is 24.8. The number of amides is 1. The number of hydrogen-bond acceptors (Lipinski definition) is 8. The average Bonchev–Trinajstić information content (AvgIpc) is 2.90. The van der Waals surface area contributed by atoms with Gasteiger partial charge in [0.05, 0.1) is 27.0 Å². The molecular weight excluding hydrogens is 446 g/mol. The van der Waals surface area contributed by atoms with E-state index in [0.717, 1.165) is 22.5 Å². The van der Waals surface area contributed by atoms with Crippen LogP contribution in [0.5, 0.6) is 17.2 Å². The molecule has 0 aliphatic carbocycles. The Morgan fingerprint density at radius 3 is 2.34 bits per heavy atom. The van der Waals surface area contributed by atoms with Gasteiger partial charge in [0.1, 0.15) is 0 Å². The van der Waals surface area contributed by atoms with Gasteiger partial charge in [0.15, 0.2) is 11.5 Å². The monoisotopic (exact) mass is 471 g/mol. The van der Waals surface area contributed by atoms with Gasteiger partial charge in [-0.3, -0.25) is 9.78 Å². The molecule has 9 nitrogen and oxygen atoms in total. The number of hydrogen-bond donors (Lipinski definition) is 2. The lowest BCUT2D eigenvalue weighted by molar-refractivity contribution is 0.102. The number of aromatic nitrogens is 3. The van der Waals surface area contributed by atoms with Crippen LogP contribution in [0.15, 0.2) is 67.1 Å². The lowest BCUT2D eigenvalue weighted by atomic mass is 10.1. The second kappa shape index (κ2) is 10.5. The molecule has 178 valence electrons. The highest BCUT2D eigenvalue weighted by Gasteiger charge is 2.17. The van der Waals surface area contributed by atoms with Crippen molar-refractivity contribution in [1.29, 1.82) is 0 Å². The lowest BCUT2D eigenvalue weighted by Gasteiger charge is -2.15. The van der Waals surface area contributed by atoms with Gasteiger partial charge in [-0.05, 0) is 55.0 Å². The van der Waals surface area contributed by atoms with Crippen molar-refractivity contribution in [3.8, 4) is 28.5 Å². The van der Waals surface area contributed by atoms with E-state index >= 15 is 0 Å². The molecule has 0 spiro atoms. The summed E-state index contributed by atoms with van der Waals surface area (Å²) in [7, 11) is 4.52. The fourth-order valence-corrected chi connectivity index (χ4v) is 3.46. The first-order valence-electron chi connectivity index (χ1n) is 10.7. The number of methoxy groups -OCH3 is 3. The van der Waals surface area contributed by atoms with E-state index in [2.05, 4.69) is 25.6 Å². The summed E-state index contributed by atoms with van der Waals surface area (Å²) in [6.07, 6.45) is 5.14. The Labute approximate surface area is 203 Å². The Kier molecular flexibility index (Phi) is 7.06. The summed E-state index contributed by atoms with van der Waals surface area (Å²) in [6.45, 7) is 1.96. The number of pyridine rings is 1. The highest BCUT2D eigenvalue weighted by atomic mass is 16.5. The number of nitrogens with zero attached hydrogens (tertiary/aromatic N) is 3. The summed E-state index contributed by atoms with van der Waals surface area (Å²) in [5.74, 6) is 1.32. The van der Waals surface area contributed by atoms with E-state index in [1.165, 1.54) is 21.3 Å². The molecule has 0 aliphatic rings. The summed E-state index contributed by atoms with van der Waals surface area (Å²) in [5, 5.41) is 6.15. The summed E-state index contributed by atoms with van der Waals surface area (Å²) < 4.78 is 16.0. The molecule has 4 aromatic rings. The molecule has 0 saturated carbocycles. The predicted octanol–water partition coefficient (Wildman–Crippen LogP) is 4.87. The van der Waals surface area contributed by atoms with Crippen molar-refractivity contribution in [3.05, 3.63) is 78.2 Å². The minimum absolute atomic E-state index is 0.325. The standard InChI is InChI=1S/C26H25N5O4/c1-16-7-8-19(29-25(32)18-12-22(33-2)24(35-4)23(13-18)34-3)14-21(16)31-26-28-11-9-20(30-26)17-6-5-10-27-15-17/h5-15H,1-4H3,(H,29,32)(H,28,30,31). The highest BCUT2D eigenvalue weighted by Crippen LogP contribution is 2.38. The topological polar surface area (TPSA) is 107 Å². The molecule has 1 amide bonds. The van der Waals surface area contributed by atoms with Gasteiger partial charge in [0, 0.05) is 41.1 Å². The zero-order valence-electron chi connectivity index (χ0n) is 19.8. The van der Waals surface area contributed by atoms with Crippen LogP contribution in [0.1, 0.15) is 15.9 Å². The maximum atomic E-state index is 13.0. The van der Waals surface area contributed by atoms with Crippen molar-refractivity contribution in [3.63, 3.8) is 0 Å². The van der Waals surface area contributed by atoms with Gasteiger partial charge < -0.3 is 24.8 Å². The molecule has 0 radical (unpaired) electrons. The van der Waals surface area contributed by atoms with Gasteiger partial charge >= 0.3 is 0 Å². The Morgan fingerprint density at radius 2 is 1.69 bits per heavy atom. The molecule has 35 heavy (non-hydrogen) atoms. The second-order valence-corrected chi connectivity index (χ2v) is 7.53. The third kappa shape index (κ3) is 5.30. The lowest BCUT2D eigenvalue weighted by Crippen LogP contribution is -2.13. The zero-order valence-corrected chi connectivity index (χ0v) is 19.8. The molecule has 0 saturated heterocycles. The van der Waals surface area contributed by atoms with Crippen LogP contribution in [-0.4, -0.2) is 42.2 Å². The summed E-state index contributed by atoms with van der Waals surface area (Å²) in [6, 6.07) is 14.4. The van der Waals surface area contributed by atoms with Crippen LogP contribution in [0.25, 0.3) is 11.3 Å². The Bertz CT molecular complexity index is 1320. The number of ether oxygens (including phenoxy) is 3. The third-order valence-electron chi connectivity index (χ3n) is 5.28. The predicted molar refractivity (Wildman–Crippen MR) is 134 cm³/mol. The molecule has 2 aromatic carbocycles. The normalized spacial score (nSPS) is 10.4. The van der Waals surface area contributed by atoms with Crippen LogP contribution in [0.3, 0.4) is 0 Å². The smallest absolute Gasteiger partial charge is 0.255 e. The van der Waals surface area contributed by atoms with Crippen molar-refractivity contribution in [2.45, 2.75) is 6.92 Å². The minimum atomic E-state index is -0.325. The minimum Gasteiger partial charge on any atom is -0.493 e. The number of benzene rings is 2. The Hall–Kier alpha value is -4.66. The quantitative estimate of drug-likeness (QED) is 0.375. The SMILES string of the molecule is COc1cc(C(=O)Nc2ccc(C)c(Nc3nccc(-c4cccnc4)n3)c2)cc(OC)c1OC. The molecule has 2 N–H and O–H groups in total. The van der Waals surface area contributed by atoms with E-state index in [9.17, 15) is 4.79 Å². The second-order valence-electron chi connectivity index (χ2n) is 7.53. The fraction of sp³-hybridized carbons (Fsp3) is 0.154. The summed E-state index contributed by atoms with van der Waals surface area (Å²) in [4.78, 5) is 26.0. The van der Waals surface area contributed by atoms with Gasteiger partial charge in [-0.15, -0.1) is 0 Å². The molecule has 4 rings (SSSR count). The largest absolute Gasteiger partial charge is 0.493 e. The van der Waals surface area contributed by atoms with Gasteiger partial charge in [0.25, 0.3) is 5.91 Å². The van der Waals surface area contributed by atoms with Crippen molar-refractivity contribution in [1.82, 2.24) is 15.0 Å². The number of carbonyl (C=O) groups excluding carboxylic acids is 1. The van der Waals surface area contributed by atoms with Crippen molar-refractivity contribution in [2.75, 3.05) is 32.0 Å². The number of nitrogens with one attached hydrogen (secondary N) is 2. The van der Waals surface area contributed by atoms with E-state index in [1.807, 2.05) is 43.3 Å². The van der Waals surface area contributed by atoms with Crippen LogP contribution < -0.4 is 24.8 Å². The fourth-order valence-electron chi connectivity index (χ4n) is 3.46. The molecule has 2 aromatic heterocycles. The number of anilines is 3. The molecule has 0 fully saturated rings. The molecule has 0 bridgehead atoms. The number of aryl methyl sites for hydroxylation is 1. The van der Waals surface area contributed by atoms with Crippen molar-refractivity contribution in [2.24, 2.45) is 0 Å². The van der Waals surface area contributed by atoms with E-state index in [4.69, 9.17) is 14.2 Å². The van der Waals surface area contributed by atoms with Gasteiger partial charge in [-0.25, -0.2) is 9.97 Å². The van der Waals surface area contributed by atoms with E-state index in [-0.39, 0.29) is 5.91 Å². The van der Waals surface area contributed by atoms with Gasteiger partial charge in [0.2, 0.25) is 11.7 Å². The van der Waals surface area contributed by atoms with Crippen LogP contribution in [0.4, 0.5) is 17.3 Å². The first kappa shape index (κ1) is 23.5. The van der Waals surface area contributed by atoms with Gasteiger partial charge in [-0.2, -0.15) is 0 Å². The molecule has 0 atom stereocenters. The third-order valence-corrected chi connectivity index (χ3v) is 5.28. The van der Waals surface area contributed by atoms with Crippen molar-refractivity contribution >= 4 is 23.2 Å². The first-order chi connectivity index (χ1) is 17.0. The molecule has 9 heteroatoms. The maximum Gasteiger partial charge on any atom is 0.255 e. The first-order valence-corrected chi connectivity index (χ1v) is 10.7. The van der Waals surface area contributed by atoms with Crippen LogP contribution in [-0.2, 0) is 0 Å². The van der Waals surface area contributed by atoms with Gasteiger partial charge in [-0.1, -0.05) is 6.07 Å². The molecule has 0 unspecified atom stereocenters. The Morgan fingerprint density at radius 1 is 0.914 bits per heavy atom. The van der Waals surface area contributed by atoms with Crippen molar-refractivity contribution < 1.29 is 19.0 Å². The van der Waals surface area contributed by atoms with E-state index in [1.54, 1.807) is 30.7 Å². The highest BCUT2D eigenvalue weighted by molar-refractivity contribution is 6.05. The number of carbonyl (C=O) groups is 1. The molecular formula is C26H25N5O4. The maximum absolute atomic E-state index is 13.0. The van der Waals surface area contributed by atoms with Crippen LogP contribution in [0.2, 0.25) is 0 Å². The molecule has 0 aliphatic heterocycles.